The predicted molar refractivity (Wildman–Crippen MR) is 112 cm³/mol. The minimum atomic E-state index is -0.275. The van der Waals surface area contributed by atoms with Crippen molar-refractivity contribution >= 4 is 24.2 Å². The second-order valence-corrected chi connectivity index (χ2v) is 7.47. The number of unbranched alkanes of at least 4 members (excludes halogenated alkanes) is 1. The number of para-hydroxylation sites is 1. The molecule has 3 unspecified atom stereocenters. The highest BCUT2D eigenvalue weighted by Crippen LogP contribution is 2.40. The average molecular weight is 410 g/mol. The number of halogens is 1. The van der Waals surface area contributed by atoms with E-state index in [0.717, 1.165) is 43.7 Å². The molecular weight excluding hydrogens is 378 g/mol. The minimum absolute atomic E-state index is 0. The fourth-order valence-corrected chi connectivity index (χ4v) is 4.20. The number of piperidine rings is 1. The molecular formula is C21H32ClN3O3. The van der Waals surface area contributed by atoms with Crippen LogP contribution in [0.1, 0.15) is 50.6 Å². The number of amides is 2. The molecule has 0 aliphatic carbocycles. The second-order valence-electron chi connectivity index (χ2n) is 7.47. The molecule has 0 saturated carbocycles. The molecule has 7 heteroatoms. The molecule has 2 fully saturated rings. The van der Waals surface area contributed by atoms with Crippen molar-refractivity contribution in [2.45, 2.75) is 51.1 Å². The maximum Gasteiger partial charge on any atom is 0.225 e. The van der Waals surface area contributed by atoms with Gasteiger partial charge in [0.2, 0.25) is 11.8 Å². The third-order valence-electron chi connectivity index (χ3n) is 5.66. The van der Waals surface area contributed by atoms with Crippen molar-refractivity contribution in [1.82, 2.24) is 15.5 Å². The summed E-state index contributed by atoms with van der Waals surface area (Å²) in [6, 6.07) is 7.66. The number of hydrogen-bond donors (Lipinski definition) is 2. The van der Waals surface area contributed by atoms with Gasteiger partial charge in [0.25, 0.3) is 0 Å². The van der Waals surface area contributed by atoms with Gasteiger partial charge in [-0.3, -0.25) is 9.59 Å². The van der Waals surface area contributed by atoms with Crippen LogP contribution in [0.15, 0.2) is 24.3 Å². The largest absolute Gasteiger partial charge is 0.496 e. The van der Waals surface area contributed by atoms with Gasteiger partial charge in [-0.25, -0.2) is 0 Å². The van der Waals surface area contributed by atoms with Gasteiger partial charge in [0.05, 0.1) is 19.1 Å². The van der Waals surface area contributed by atoms with Crippen LogP contribution >= 0.6 is 12.4 Å². The Morgan fingerprint density at radius 1 is 1.32 bits per heavy atom. The number of nitrogens with zero attached hydrogens (tertiary/aromatic N) is 1. The van der Waals surface area contributed by atoms with Crippen LogP contribution in [0.25, 0.3) is 0 Å². The number of rotatable bonds is 7. The summed E-state index contributed by atoms with van der Waals surface area (Å²) in [5.41, 5.74) is 0.925. The Kier molecular flexibility index (Phi) is 8.58. The van der Waals surface area contributed by atoms with Crippen LogP contribution < -0.4 is 15.4 Å². The summed E-state index contributed by atoms with van der Waals surface area (Å²) in [4.78, 5) is 27.8. The molecule has 156 valence electrons. The van der Waals surface area contributed by atoms with Gasteiger partial charge in [0, 0.05) is 31.1 Å². The summed E-state index contributed by atoms with van der Waals surface area (Å²) >= 11 is 0. The van der Waals surface area contributed by atoms with Crippen LogP contribution in [0.4, 0.5) is 0 Å². The lowest BCUT2D eigenvalue weighted by molar-refractivity contribution is -0.143. The molecule has 0 bridgehead atoms. The van der Waals surface area contributed by atoms with E-state index >= 15 is 0 Å². The fraction of sp³-hybridized carbons (Fsp3) is 0.619. The number of benzene rings is 1. The normalized spacial score (nSPS) is 24.6. The topological polar surface area (TPSA) is 70.7 Å². The zero-order chi connectivity index (χ0) is 19.2. The van der Waals surface area contributed by atoms with E-state index in [1.54, 1.807) is 7.11 Å². The van der Waals surface area contributed by atoms with Crippen molar-refractivity contribution in [3.8, 4) is 5.75 Å². The number of likely N-dealkylation sites (tertiary alicyclic amines) is 1. The minimum Gasteiger partial charge on any atom is -0.496 e. The van der Waals surface area contributed by atoms with Gasteiger partial charge in [-0.15, -0.1) is 12.4 Å². The molecule has 3 atom stereocenters. The smallest absolute Gasteiger partial charge is 0.225 e. The molecule has 2 amide bonds. The van der Waals surface area contributed by atoms with E-state index < -0.39 is 0 Å². The van der Waals surface area contributed by atoms with Crippen LogP contribution in [-0.4, -0.2) is 49.5 Å². The van der Waals surface area contributed by atoms with Crippen LogP contribution in [0.5, 0.6) is 5.75 Å². The van der Waals surface area contributed by atoms with Gasteiger partial charge in [0.1, 0.15) is 5.75 Å². The Balaban J connectivity index is 0.00000280. The summed E-state index contributed by atoms with van der Waals surface area (Å²) < 4.78 is 5.57. The molecule has 1 aromatic carbocycles. The predicted octanol–water partition coefficient (Wildman–Crippen LogP) is 2.67. The van der Waals surface area contributed by atoms with E-state index in [4.69, 9.17) is 4.74 Å². The van der Waals surface area contributed by atoms with Crippen LogP contribution in [0.3, 0.4) is 0 Å². The van der Waals surface area contributed by atoms with Gasteiger partial charge in [-0.1, -0.05) is 31.5 Å². The summed E-state index contributed by atoms with van der Waals surface area (Å²) in [6.07, 6.45) is 3.90. The lowest BCUT2D eigenvalue weighted by Gasteiger charge is -2.41. The number of nitrogens with one attached hydrogen (secondary N) is 2. The average Bonchev–Trinajstić information content (AvgIpc) is 3.19. The lowest BCUT2D eigenvalue weighted by atomic mass is 9.82. The summed E-state index contributed by atoms with van der Waals surface area (Å²) in [7, 11) is 1.64. The molecule has 3 rings (SSSR count). The van der Waals surface area contributed by atoms with E-state index in [9.17, 15) is 9.59 Å². The number of carbonyl (C=O) groups excluding carboxylic acids is 2. The maximum absolute atomic E-state index is 13.1. The Hall–Kier alpha value is -1.79. The van der Waals surface area contributed by atoms with E-state index in [1.807, 2.05) is 29.2 Å². The van der Waals surface area contributed by atoms with E-state index in [-0.39, 0.29) is 42.2 Å². The van der Waals surface area contributed by atoms with Crippen molar-refractivity contribution in [1.29, 1.82) is 0 Å². The summed E-state index contributed by atoms with van der Waals surface area (Å²) in [5.74, 6) is 0.662. The molecule has 0 spiro atoms. The Bertz CT molecular complexity index is 664. The molecule has 1 aromatic rings. The molecule has 2 aliphatic rings. The molecule has 2 heterocycles. The number of hydrogen-bond acceptors (Lipinski definition) is 4. The zero-order valence-corrected chi connectivity index (χ0v) is 17.6. The van der Waals surface area contributed by atoms with Gasteiger partial charge in [-0.2, -0.15) is 0 Å². The molecule has 6 nitrogen and oxygen atoms in total. The van der Waals surface area contributed by atoms with Crippen LogP contribution in [0.2, 0.25) is 0 Å². The van der Waals surface area contributed by atoms with Gasteiger partial charge in [-0.05, 0) is 31.9 Å². The van der Waals surface area contributed by atoms with Crippen LogP contribution in [-0.2, 0) is 9.59 Å². The highest BCUT2D eigenvalue weighted by molar-refractivity contribution is 5.86. The summed E-state index contributed by atoms with van der Waals surface area (Å²) in [6.45, 7) is 4.54. The summed E-state index contributed by atoms with van der Waals surface area (Å²) in [5, 5.41) is 6.48. The SMILES string of the molecule is CCCCN1C(=O)CCC(C(=O)NC2CCNC2)C1c1ccccc1OC.Cl. The van der Waals surface area contributed by atoms with E-state index in [1.165, 1.54) is 0 Å². The van der Waals surface area contributed by atoms with Gasteiger partial charge < -0.3 is 20.3 Å². The van der Waals surface area contributed by atoms with Crippen LogP contribution in [0, 0.1) is 5.92 Å². The fourth-order valence-electron chi connectivity index (χ4n) is 4.20. The van der Waals surface area contributed by atoms with Crippen molar-refractivity contribution < 1.29 is 14.3 Å². The van der Waals surface area contributed by atoms with Crippen molar-refractivity contribution in [2.24, 2.45) is 5.92 Å². The highest BCUT2D eigenvalue weighted by Gasteiger charge is 2.42. The van der Waals surface area contributed by atoms with Gasteiger partial charge in [0.15, 0.2) is 0 Å². The van der Waals surface area contributed by atoms with Crippen molar-refractivity contribution in [3.63, 3.8) is 0 Å². The Morgan fingerprint density at radius 3 is 2.79 bits per heavy atom. The third-order valence-corrected chi connectivity index (χ3v) is 5.66. The first-order chi connectivity index (χ1) is 13.2. The van der Waals surface area contributed by atoms with E-state index in [2.05, 4.69) is 17.6 Å². The first-order valence-corrected chi connectivity index (χ1v) is 10.1. The maximum atomic E-state index is 13.1. The molecule has 0 aromatic heterocycles. The molecule has 2 saturated heterocycles. The molecule has 2 N–H and O–H groups in total. The number of carbonyl (C=O) groups is 2. The zero-order valence-electron chi connectivity index (χ0n) is 16.8. The highest BCUT2D eigenvalue weighted by atomic mass is 35.5. The second kappa shape index (κ2) is 10.7. The van der Waals surface area contributed by atoms with Gasteiger partial charge >= 0.3 is 0 Å². The number of methoxy groups -OCH3 is 1. The Morgan fingerprint density at radius 2 is 2.11 bits per heavy atom. The molecule has 28 heavy (non-hydrogen) atoms. The molecule has 0 radical (unpaired) electrons. The first-order valence-electron chi connectivity index (χ1n) is 10.1. The first kappa shape index (κ1) is 22.5. The standard InChI is InChI=1S/C21H31N3O3.ClH/c1-3-4-13-24-19(25)10-9-17(21(26)23-15-11-12-22-14-15)20(24)16-7-5-6-8-18(16)27-2;/h5-8,15,17,20,22H,3-4,9-14H2,1-2H3,(H,23,26);1H. The number of ether oxygens (including phenoxy) is 1. The third kappa shape index (κ3) is 4.97. The van der Waals surface area contributed by atoms with Crippen molar-refractivity contribution in [3.05, 3.63) is 29.8 Å². The monoisotopic (exact) mass is 409 g/mol. The quantitative estimate of drug-likeness (QED) is 0.726. The molecule has 2 aliphatic heterocycles. The lowest BCUT2D eigenvalue weighted by Crippen LogP contribution is -2.50. The Labute approximate surface area is 173 Å². The van der Waals surface area contributed by atoms with E-state index in [0.29, 0.717) is 19.4 Å². The van der Waals surface area contributed by atoms with Crippen molar-refractivity contribution in [2.75, 3.05) is 26.7 Å².